The fourth-order valence-corrected chi connectivity index (χ4v) is 2.42. The molecule has 2 rings (SSSR count). The van der Waals surface area contributed by atoms with Gasteiger partial charge in [0.15, 0.2) is 0 Å². The van der Waals surface area contributed by atoms with E-state index < -0.39 is 0 Å². The van der Waals surface area contributed by atoms with Gasteiger partial charge in [0.2, 0.25) is 0 Å². The minimum atomic E-state index is -0.328. The van der Waals surface area contributed by atoms with E-state index in [1.807, 2.05) is 13.1 Å². The molecule has 3 N–H and O–H groups in total. The van der Waals surface area contributed by atoms with Gasteiger partial charge >= 0.3 is 0 Å². The molecule has 0 aliphatic rings. The van der Waals surface area contributed by atoms with Crippen molar-refractivity contribution in [3.8, 4) is 0 Å². The predicted molar refractivity (Wildman–Crippen MR) is 75.4 cm³/mol. The summed E-state index contributed by atoms with van der Waals surface area (Å²) in [5, 5.41) is 4.21. The number of hydrogen-bond donors (Lipinski definition) is 2. The first-order valence-corrected chi connectivity index (χ1v) is 6.79. The van der Waals surface area contributed by atoms with Gasteiger partial charge in [-0.2, -0.15) is 11.3 Å². The van der Waals surface area contributed by atoms with Gasteiger partial charge in [-0.05, 0) is 41.6 Å². The Balaban J connectivity index is 1.93. The lowest BCUT2D eigenvalue weighted by atomic mass is 10.2. The van der Waals surface area contributed by atoms with Crippen molar-refractivity contribution in [2.75, 3.05) is 7.05 Å². The molecule has 6 heteroatoms. The van der Waals surface area contributed by atoms with Crippen LogP contribution in [-0.4, -0.2) is 22.8 Å². The van der Waals surface area contributed by atoms with E-state index in [1.165, 1.54) is 11.8 Å². The van der Waals surface area contributed by atoms with Crippen LogP contribution in [-0.2, 0) is 13.1 Å². The number of amides is 1. The van der Waals surface area contributed by atoms with E-state index in [1.54, 1.807) is 17.4 Å². The highest BCUT2D eigenvalue weighted by molar-refractivity contribution is 7.07. The van der Waals surface area contributed by atoms with Crippen molar-refractivity contribution in [3.05, 3.63) is 52.0 Å². The molecule has 0 spiro atoms. The van der Waals surface area contributed by atoms with Crippen LogP contribution in [0.25, 0.3) is 0 Å². The van der Waals surface area contributed by atoms with E-state index in [0.717, 1.165) is 18.8 Å². The number of hydrazine groups is 1. The van der Waals surface area contributed by atoms with Crippen LogP contribution < -0.4 is 11.3 Å². The Morgan fingerprint density at radius 1 is 1.42 bits per heavy atom. The quantitative estimate of drug-likeness (QED) is 0.492. The molecule has 0 saturated heterocycles. The van der Waals surface area contributed by atoms with Crippen molar-refractivity contribution in [1.29, 1.82) is 0 Å². The van der Waals surface area contributed by atoms with E-state index in [0.29, 0.717) is 5.56 Å². The zero-order chi connectivity index (χ0) is 13.7. The standard InChI is InChI=1S/C13H16N4OS/c1-17(7-10-4-5-19-9-10)8-12-3-2-11(6-15-12)13(18)16-14/h2-6,9H,7-8,14H2,1H3,(H,16,18). The molecule has 0 unspecified atom stereocenters. The minimum absolute atomic E-state index is 0.328. The van der Waals surface area contributed by atoms with Crippen LogP contribution in [0.4, 0.5) is 0 Å². The summed E-state index contributed by atoms with van der Waals surface area (Å²) in [6.45, 7) is 1.62. The monoisotopic (exact) mass is 276 g/mol. The molecular formula is C13H16N4OS. The fraction of sp³-hybridized carbons (Fsp3) is 0.231. The summed E-state index contributed by atoms with van der Waals surface area (Å²) >= 11 is 1.70. The molecule has 0 bridgehead atoms. The third kappa shape index (κ3) is 3.85. The lowest BCUT2D eigenvalue weighted by molar-refractivity contribution is 0.0953. The molecule has 0 aliphatic carbocycles. The number of hydrogen-bond acceptors (Lipinski definition) is 5. The normalized spacial score (nSPS) is 10.7. The summed E-state index contributed by atoms with van der Waals surface area (Å²) in [4.78, 5) is 17.7. The number of aromatic nitrogens is 1. The lowest BCUT2D eigenvalue weighted by Gasteiger charge is -2.15. The maximum atomic E-state index is 11.3. The van der Waals surface area contributed by atoms with Gasteiger partial charge in [-0.3, -0.25) is 20.1 Å². The Morgan fingerprint density at radius 3 is 2.84 bits per heavy atom. The maximum Gasteiger partial charge on any atom is 0.266 e. The number of nitrogens with two attached hydrogens (primary N) is 1. The smallest absolute Gasteiger partial charge is 0.266 e. The largest absolute Gasteiger partial charge is 0.296 e. The number of carbonyl (C=O) groups is 1. The summed E-state index contributed by atoms with van der Waals surface area (Å²) in [6, 6.07) is 5.68. The second kappa shape index (κ2) is 6.42. The molecule has 100 valence electrons. The average Bonchev–Trinajstić information content (AvgIpc) is 2.91. The summed E-state index contributed by atoms with van der Waals surface area (Å²) in [7, 11) is 2.04. The molecule has 1 amide bonds. The van der Waals surface area contributed by atoms with Crippen molar-refractivity contribution in [2.24, 2.45) is 5.84 Å². The molecule has 0 fully saturated rings. The zero-order valence-corrected chi connectivity index (χ0v) is 11.5. The number of nitrogen functional groups attached to an aromatic ring is 1. The van der Waals surface area contributed by atoms with Crippen molar-refractivity contribution >= 4 is 17.2 Å². The van der Waals surface area contributed by atoms with Crippen molar-refractivity contribution in [1.82, 2.24) is 15.3 Å². The second-order valence-corrected chi connectivity index (χ2v) is 5.10. The third-order valence-corrected chi connectivity index (χ3v) is 3.41. The SMILES string of the molecule is CN(Cc1ccsc1)Cc1ccc(C(=O)NN)cn1. The van der Waals surface area contributed by atoms with E-state index in [-0.39, 0.29) is 5.91 Å². The van der Waals surface area contributed by atoms with Gasteiger partial charge < -0.3 is 0 Å². The van der Waals surface area contributed by atoms with Crippen LogP contribution in [0.5, 0.6) is 0 Å². The van der Waals surface area contributed by atoms with Crippen LogP contribution in [0.1, 0.15) is 21.6 Å². The van der Waals surface area contributed by atoms with Crippen LogP contribution in [0, 0.1) is 0 Å². The highest BCUT2D eigenvalue weighted by Gasteiger charge is 2.06. The second-order valence-electron chi connectivity index (χ2n) is 4.32. The third-order valence-electron chi connectivity index (χ3n) is 2.68. The first-order valence-electron chi connectivity index (χ1n) is 5.84. The Kier molecular flexibility index (Phi) is 4.62. The Bertz CT molecular complexity index is 524. The van der Waals surface area contributed by atoms with Crippen molar-refractivity contribution in [3.63, 3.8) is 0 Å². The van der Waals surface area contributed by atoms with Crippen LogP contribution in [0.15, 0.2) is 35.2 Å². The molecule has 2 heterocycles. The van der Waals surface area contributed by atoms with Gasteiger partial charge in [0.1, 0.15) is 0 Å². The van der Waals surface area contributed by atoms with Crippen molar-refractivity contribution < 1.29 is 4.79 Å². The van der Waals surface area contributed by atoms with Gasteiger partial charge in [0.05, 0.1) is 11.3 Å². The van der Waals surface area contributed by atoms with Gasteiger partial charge in [-0.15, -0.1) is 0 Å². The highest BCUT2D eigenvalue weighted by atomic mass is 32.1. The highest BCUT2D eigenvalue weighted by Crippen LogP contribution is 2.10. The number of nitrogens with zero attached hydrogens (tertiary/aromatic N) is 2. The topological polar surface area (TPSA) is 71.2 Å². The summed E-state index contributed by atoms with van der Waals surface area (Å²) < 4.78 is 0. The zero-order valence-electron chi connectivity index (χ0n) is 10.7. The van der Waals surface area contributed by atoms with Gasteiger partial charge in [-0.25, -0.2) is 5.84 Å². The Morgan fingerprint density at radius 2 is 2.26 bits per heavy atom. The molecular weight excluding hydrogens is 260 g/mol. The number of carbonyl (C=O) groups excluding carboxylic acids is 1. The summed E-state index contributed by atoms with van der Waals surface area (Å²) in [6.07, 6.45) is 1.54. The summed E-state index contributed by atoms with van der Waals surface area (Å²) in [5.74, 6) is 4.74. The number of thiophene rings is 1. The van der Waals surface area contributed by atoms with Crippen LogP contribution in [0.2, 0.25) is 0 Å². The van der Waals surface area contributed by atoms with Crippen LogP contribution in [0.3, 0.4) is 0 Å². The Hall–Kier alpha value is -1.76. The molecule has 5 nitrogen and oxygen atoms in total. The van der Waals surface area contributed by atoms with Gasteiger partial charge in [0, 0.05) is 19.3 Å². The Labute approximate surface area is 116 Å². The summed E-state index contributed by atoms with van der Waals surface area (Å²) in [5.41, 5.74) is 4.77. The first-order chi connectivity index (χ1) is 9.19. The van der Waals surface area contributed by atoms with Crippen LogP contribution >= 0.6 is 11.3 Å². The van der Waals surface area contributed by atoms with E-state index in [2.05, 4.69) is 32.1 Å². The number of rotatable bonds is 5. The van der Waals surface area contributed by atoms with Gasteiger partial charge in [0.25, 0.3) is 5.91 Å². The van der Waals surface area contributed by atoms with E-state index in [9.17, 15) is 4.79 Å². The molecule has 0 atom stereocenters. The molecule has 19 heavy (non-hydrogen) atoms. The van der Waals surface area contributed by atoms with E-state index in [4.69, 9.17) is 5.84 Å². The molecule has 2 aromatic rings. The number of nitrogens with one attached hydrogen (secondary N) is 1. The maximum absolute atomic E-state index is 11.3. The van der Waals surface area contributed by atoms with Crippen molar-refractivity contribution in [2.45, 2.75) is 13.1 Å². The molecule has 0 aromatic carbocycles. The number of pyridine rings is 1. The average molecular weight is 276 g/mol. The first kappa shape index (κ1) is 13.7. The molecule has 0 radical (unpaired) electrons. The lowest BCUT2D eigenvalue weighted by Crippen LogP contribution is -2.30. The molecule has 0 saturated carbocycles. The molecule has 2 aromatic heterocycles. The predicted octanol–water partition coefficient (Wildman–Crippen LogP) is 1.38. The van der Waals surface area contributed by atoms with E-state index >= 15 is 0 Å². The fourth-order valence-electron chi connectivity index (χ4n) is 1.76. The minimum Gasteiger partial charge on any atom is -0.296 e. The van der Waals surface area contributed by atoms with Gasteiger partial charge in [-0.1, -0.05) is 0 Å². The molecule has 0 aliphatic heterocycles.